The Kier molecular flexibility index (Phi) is 2.98. The van der Waals surface area contributed by atoms with Crippen LogP contribution in [0.3, 0.4) is 0 Å². The van der Waals surface area contributed by atoms with Gasteiger partial charge >= 0.3 is 0 Å². The zero-order chi connectivity index (χ0) is 9.10. The Labute approximate surface area is 79.3 Å². The van der Waals surface area contributed by atoms with Crippen molar-refractivity contribution in [2.45, 2.75) is 18.6 Å². The molecule has 3 heteroatoms. The fourth-order valence-electron chi connectivity index (χ4n) is 1.30. The van der Waals surface area contributed by atoms with Crippen LogP contribution in [-0.4, -0.2) is 50.5 Å². The molecule has 2 rings (SSSR count). The van der Waals surface area contributed by atoms with Gasteiger partial charge in [-0.1, -0.05) is 12.2 Å². The van der Waals surface area contributed by atoms with Gasteiger partial charge in [0.15, 0.2) is 0 Å². The highest BCUT2D eigenvalue weighted by atomic mass is 16.6. The molecule has 0 spiro atoms. The summed E-state index contributed by atoms with van der Waals surface area (Å²) >= 11 is 0. The van der Waals surface area contributed by atoms with E-state index in [4.69, 9.17) is 9.47 Å². The van der Waals surface area contributed by atoms with Crippen LogP contribution in [0.1, 0.15) is 6.42 Å². The van der Waals surface area contributed by atoms with E-state index in [1.54, 1.807) is 0 Å². The summed E-state index contributed by atoms with van der Waals surface area (Å²) in [5, 5.41) is 0. The van der Waals surface area contributed by atoms with Crippen LogP contribution in [0.2, 0.25) is 0 Å². The van der Waals surface area contributed by atoms with Gasteiger partial charge in [-0.25, -0.2) is 0 Å². The van der Waals surface area contributed by atoms with Crippen molar-refractivity contribution < 1.29 is 9.47 Å². The first-order chi connectivity index (χ1) is 6.34. The minimum absolute atomic E-state index is 0.505. The molecule has 74 valence electrons. The molecule has 0 bridgehead atoms. The standard InChI is InChI=1S/C10H17NO2/c1-11(6-10-8-13-10)5-3-2-4-9-7-12-9/h2-3,9-10H,4-8H2,1H3. The quantitative estimate of drug-likeness (QED) is 0.447. The summed E-state index contributed by atoms with van der Waals surface area (Å²) in [6.45, 7) is 3.98. The molecule has 2 unspecified atom stereocenters. The van der Waals surface area contributed by atoms with Gasteiger partial charge in [0.25, 0.3) is 0 Å². The Bertz CT molecular complexity index is 185. The first-order valence-electron chi connectivity index (χ1n) is 4.91. The smallest absolute Gasteiger partial charge is 0.0936 e. The van der Waals surface area contributed by atoms with Gasteiger partial charge in [-0.15, -0.1) is 0 Å². The van der Waals surface area contributed by atoms with E-state index in [0.717, 1.165) is 32.7 Å². The van der Waals surface area contributed by atoms with Gasteiger partial charge in [-0.05, 0) is 13.5 Å². The molecule has 2 saturated heterocycles. The summed E-state index contributed by atoms with van der Waals surface area (Å²) in [7, 11) is 2.12. The molecule has 0 amide bonds. The van der Waals surface area contributed by atoms with Crippen molar-refractivity contribution >= 4 is 0 Å². The molecule has 0 saturated carbocycles. The highest BCUT2D eigenvalue weighted by Crippen LogP contribution is 2.13. The second-order valence-corrected chi connectivity index (χ2v) is 3.84. The monoisotopic (exact) mass is 183 g/mol. The van der Waals surface area contributed by atoms with Crippen LogP contribution in [0, 0.1) is 0 Å². The summed E-state index contributed by atoms with van der Waals surface area (Å²) in [6.07, 6.45) is 6.53. The Morgan fingerprint density at radius 1 is 1.23 bits per heavy atom. The van der Waals surface area contributed by atoms with Gasteiger partial charge in [0.1, 0.15) is 0 Å². The summed E-state index contributed by atoms with van der Waals surface area (Å²) in [4.78, 5) is 2.28. The van der Waals surface area contributed by atoms with E-state index >= 15 is 0 Å². The van der Waals surface area contributed by atoms with Crippen LogP contribution in [0.25, 0.3) is 0 Å². The lowest BCUT2D eigenvalue weighted by atomic mass is 10.3. The molecule has 3 nitrogen and oxygen atoms in total. The van der Waals surface area contributed by atoms with Gasteiger partial charge < -0.3 is 14.4 Å². The van der Waals surface area contributed by atoms with Gasteiger partial charge in [0.05, 0.1) is 25.4 Å². The van der Waals surface area contributed by atoms with Crippen LogP contribution in [-0.2, 0) is 9.47 Å². The van der Waals surface area contributed by atoms with Crippen LogP contribution in [0.5, 0.6) is 0 Å². The average Bonchev–Trinajstić information content (AvgIpc) is 2.92. The topological polar surface area (TPSA) is 28.3 Å². The van der Waals surface area contributed by atoms with Gasteiger partial charge in [0.2, 0.25) is 0 Å². The van der Waals surface area contributed by atoms with Gasteiger partial charge in [0, 0.05) is 13.1 Å². The predicted molar refractivity (Wildman–Crippen MR) is 50.7 cm³/mol. The summed E-state index contributed by atoms with van der Waals surface area (Å²) in [5.41, 5.74) is 0. The molecule has 2 aliphatic heterocycles. The SMILES string of the molecule is CN(CC=CCC1CO1)CC1CO1. The third-order valence-corrected chi connectivity index (χ3v) is 2.30. The van der Waals surface area contributed by atoms with Crippen molar-refractivity contribution in [3.05, 3.63) is 12.2 Å². The average molecular weight is 183 g/mol. The molecule has 0 aromatic heterocycles. The van der Waals surface area contributed by atoms with Gasteiger partial charge in [-0.3, -0.25) is 0 Å². The van der Waals surface area contributed by atoms with Crippen LogP contribution in [0.4, 0.5) is 0 Å². The van der Waals surface area contributed by atoms with Crippen molar-refractivity contribution in [3.63, 3.8) is 0 Å². The number of hydrogen-bond acceptors (Lipinski definition) is 3. The highest BCUT2D eigenvalue weighted by Gasteiger charge is 2.23. The molecule has 0 radical (unpaired) electrons. The Balaban J connectivity index is 1.51. The number of nitrogens with zero attached hydrogens (tertiary/aromatic N) is 1. The normalized spacial score (nSPS) is 31.5. The summed E-state index contributed by atoms with van der Waals surface area (Å²) < 4.78 is 10.3. The lowest BCUT2D eigenvalue weighted by molar-refractivity contribution is 0.304. The molecule has 2 atom stereocenters. The molecule has 2 aliphatic rings. The van der Waals surface area contributed by atoms with Crippen molar-refractivity contribution in [3.8, 4) is 0 Å². The number of ether oxygens (including phenoxy) is 2. The van der Waals surface area contributed by atoms with Crippen molar-refractivity contribution in [2.24, 2.45) is 0 Å². The van der Waals surface area contributed by atoms with E-state index in [0.29, 0.717) is 12.2 Å². The Hall–Kier alpha value is -0.380. The minimum atomic E-state index is 0.505. The lowest BCUT2D eigenvalue weighted by Crippen LogP contribution is -2.23. The Morgan fingerprint density at radius 2 is 1.92 bits per heavy atom. The van der Waals surface area contributed by atoms with E-state index < -0.39 is 0 Å². The van der Waals surface area contributed by atoms with E-state index in [1.165, 1.54) is 0 Å². The molecule has 2 heterocycles. The van der Waals surface area contributed by atoms with Crippen LogP contribution in [0.15, 0.2) is 12.2 Å². The first-order valence-corrected chi connectivity index (χ1v) is 4.91. The number of likely N-dealkylation sites (N-methyl/N-ethyl adjacent to an activating group) is 1. The maximum atomic E-state index is 5.15. The molecule has 0 aromatic carbocycles. The second-order valence-electron chi connectivity index (χ2n) is 3.84. The van der Waals surface area contributed by atoms with E-state index in [-0.39, 0.29) is 0 Å². The predicted octanol–water partition coefficient (Wildman–Crippen LogP) is 0.662. The van der Waals surface area contributed by atoms with Crippen molar-refractivity contribution in [1.82, 2.24) is 4.90 Å². The zero-order valence-corrected chi connectivity index (χ0v) is 8.11. The van der Waals surface area contributed by atoms with Crippen LogP contribution < -0.4 is 0 Å². The fraction of sp³-hybridized carbons (Fsp3) is 0.800. The fourth-order valence-corrected chi connectivity index (χ4v) is 1.30. The first kappa shape index (κ1) is 9.19. The molecule has 2 fully saturated rings. The largest absolute Gasteiger partial charge is 0.373 e. The molecule has 13 heavy (non-hydrogen) atoms. The molecular weight excluding hydrogens is 166 g/mol. The Morgan fingerprint density at radius 3 is 2.54 bits per heavy atom. The van der Waals surface area contributed by atoms with Crippen molar-refractivity contribution in [1.29, 1.82) is 0 Å². The molecule has 0 aromatic rings. The maximum absolute atomic E-state index is 5.15. The maximum Gasteiger partial charge on any atom is 0.0936 e. The third-order valence-electron chi connectivity index (χ3n) is 2.30. The molecular formula is C10H17NO2. The number of rotatable bonds is 6. The molecule has 0 N–H and O–H groups in total. The lowest BCUT2D eigenvalue weighted by Gasteiger charge is -2.11. The third kappa shape index (κ3) is 3.89. The van der Waals surface area contributed by atoms with Crippen molar-refractivity contribution in [2.75, 3.05) is 33.4 Å². The number of hydrogen-bond donors (Lipinski definition) is 0. The van der Waals surface area contributed by atoms with Crippen LogP contribution >= 0.6 is 0 Å². The number of epoxide rings is 2. The van der Waals surface area contributed by atoms with E-state index in [1.807, 2.05) is 0 Å². The summed E-state index contributed by atoms with van der Waals surface area (Å²) in [6, 6.07) is 0. The zero-order valence-electron chi connectivity index (χ0n) is 8.11. The van der Waals surface area contributed by atoms with Gasteiger partial charge in [-0.2, -0.15) is 0 Å². The highest BCUT2D eigenvalue weighted by molar-refractivity contribution is 4.90. The molecule has 0 aliphatic carbocycles. The van der Waals surface area contributed by atoms with E-state index in [2.05, 4.69) is 24.1 Å². The second kappa shape index (κ2) is 4.22. The minimum Gasteiger partial charge on any atom is -0.373 e. The van der Waals surface area contributed by atoms with E-state index in [9.17, 15) is 0 Å². The summed E-state index contributed by atoms with van der Waals surface area (Å²) in [5.74, 6) is 0.